The number of fused-ring (bicyclic) bond motifs is 1. The van der Waals surface area contributed by atoms with Gasteiger partial charge in [-0.2, -0.15) is 0 Å². The number of pyridine rings is 1. The minimum atomic E-state index is -0.468. The molecule has 2 heterocycles. The van der Waals surface area contributed by atoms with Gasteiger partial charge in [-0.15, -0.1) is 0 Å². The minimum absolute atomic E-state index is 0.175. The van der Waals surface area contributed by atoms with E-state index in [0.717, 1.165) is 9.90 Å². The Labute approximate surface area is 135 Å². The molecule has 1 amide bonds. The second-order valence-corrected chi connectivity index (χ2v) is 5.85. The Bertz CT molecular complexity index is 854. The lowest BCUT2D eigenvalue weighted by molar-refractivity contribution is -0.116. The van der Waals surface area contributed by atoms with Crippen molar-refractivity contribution >= 4 is 38.6 Å². The molecule has 0 bridgehead atoms. The normalized spacial score (nSPS) is 10.9. The van der Waals surface area contributed by atoms with E-state index in [1.165, 1.54) is 11.6 Å². The summed E-state index contributed by atoms with van der Waals surface area (Å²) >= 11 is 3.27. The van der Waals surface area contributed by atoms with Crippen molar-refractivity contribution in [3.63, 3.8) is 0 Å². The van der Waals surface area contributed by atoms with Crippen molar-refractivity contribution in [2.24, 2.45) is 14.1 Å². The third-order valence-electron chi connectivity index (χ3n) is 3.46. The van der Waals surface area contributed by atoms with Crippen molar-refractivity contribution in [2.75, 3.05) is 10.6 Å². The molecule has 0 unspecified atom stereocenters. The van der Waals surface area contributed by atoms with Crippen molar-refractivity contribution in [2.45, 2.75) is 19.8 Å². The molecule has 1 N–H and O–H groups in total. The zero-order valence-corrected chi connectivity index (χ0v) is 14.2. The quantitative estimate of drug-likeness (QED) is 0.817. The lowest BCUT2D eigenvalue weighted by atomic mass is 10.1. The standard InChI is InChI=1S/C14H17BrN4O3/c1-8-7-16-12-10(11(8)17-9(20)5-4-6-15)13(21)19(3)14(22)18(12)2/h7H,4-6H2,1-3H3,(H,16,17,20). The summed E-state index contributed by atoms with van der Waals surface area (Å²) in [4.78, 5) is 40.5. The van der Waals surface area contributed by atoms with Crippen LogP contribution in [-0.4, -0.2) is 25.4 Å². The van der Waals surface area contributed by atoms with Crippen LogP contribution >= 0.6 is 15.9 Å². The second-order valence-electron chi connectivity index (χ2n) is 5.06. The lowest BCUT2D eigenvalue weighted by Gasteiger charge is -2.13. The van der Waals surface area contributed by atoms with Gasteiger partial charge in [0.2, 0.25) is 5.91 Å². The van der Waals surface area contributed by atoms with Gasteiger partial charge in [0, 0.05) is 32.0 Å². The molecule has 0 spiro atoms. The van der Waals surface area contributed by atoms with Crippen molar-refractivity contribution in [3.05, 3.63) is 32.6 Å². The van der Waals surface area contributed by atoms with E-state index in [9.17, 15) is 14.4 Å². The van der Waals surface area contributed by atoms with E-state index in [0.29, 0.717) is 24.1 Å². The summed E-state index contributed by atoms with van der Waals surface area (Å²) in [7, 11) is 2.95. The molecule has 0 aliphatic rings. The van der Waals surface area contributed by atoms with Gasteiger partial charge in [0.1, 0.15) is 5.39 Å². The van der Waals surface area contributed by atoms with Crippen LogP contribution in [0, 0.1) is 6.92 Å². The molecule has 0 aromatic carbocycles. The SMILES string of the molecule is Cc1cnc2c(c1NC(=O)CCCBr)c(=O)n(C)c(=O)n2C. The maximum Gasteiger partial charge on any atom is 0.332 e. The summed E-state index contributed by atoms with van der Waals surface area (Å²) in [6.07, 6.45) is 2.59. The number of anilines is 1. The van der Waals surface area contributed by atoms with Crippen LogP contribution in [0.15, 0.2) is 15.8 Å². The largest absolute Gasteiger partial charge is 0.332 e. The molecule has 118 valence electrons. The first kappa shape index (κ1) is 16.4. The number of hydrogen-bond donors (Lipinski definition) is 1. The Morgan fingerprint density at radius 1 is 1.32 bits per heavy atom. The number of halogens is 1. The van der Waals surface area contributed by atoms with E-state index in [2.05, 4.69) is 26.2 Å². The maximum atomic E-state index is 12.4. The molecule has 0 aliphatic carbocycles. The molecular formula is C14H17BrN4O3. The van der Waals surface area contributed by atoms with Gasteiger partial charge in [0.15, 0.2) is 5.65 Å². The number of hydrogen-bond acceptors (Lipinski definition) is 4. The van der Waals surface area contributed by atoms with Crippen LogP contribution in [0.25, 0.3) is 11.0 Å². The van der Waals surface area contributed by atoms with Crippen molar-refractivity contribution in [1.29, 1.82) is 0 Å². The highest BCUT2D eigenvalue weighted by molar-refractivity contribution is 9.09. The van der Waals surface area contributed by atoms with Crippen LogP contribution in [0.1, 0.15) is 18.4 Å². The Morgan fingerprint density at radius 2 is 2.00 bits per heavy atom. The van der Waals surface area contributed by atoms with Gasteiger partial charge in [0.05, 0.1) is 5.69 Å². The lowest BCUT2D eigenvalue weighted by Crippen LogP contribution is -2.37. The second kappa shape index (κ2) is 6.43. The summed E-state index contributed by atoms with van der Waals surface area (Å²) in [5.41, 5.74) is 0.432. The molecule has 8 heteroatoms. The molecule has 0 saturated heterocycles. The Morgan fingerprint density at radius 3 is 2.64 bits per heavy atom. The fourth-order valence-corrected chi connectivity index (χ4v) is 2.49. The Balaban J connectivity index is 2.68. The predicted octanol–water partition coefficient (Wildman–Crippen LogP) is 1.05. The van der Waals surface area contributed by atoms with E-state index < -0.39 is 11.2 Å². The smallest absolute Gasteiger partial charge is 0.325 e. The van der Waals surface area contributed by atoms with Crippen molar-refractivity contribution < 1.29 is 4.79 Å². The van der Waals surface area contributed by atoms with E-state index in [-0.39, 0.29) is 16.9 Å². The average Bonchev–Trinajstić information content (AvgIpc) is 2.50. The molecule has 2 aromatic heterocycles. The highest BCUT2D eigenvalue weighted by atomic mass is 79.9. The first-order valence-electron chi connectivity index (χ1n) is 6.79. The number of aryl methyl sites for hydroxylation is 2. The molecule has 0 fully saturated rings. The number of rotatable bonds is 4. The summed E-state index contributed by atoms with van der Waals surface area (Å²) in [5, 5.41) is 3.75. The van der Waals surface area contributed by atoms with Gasteiger partial charge in [-0.25, -0.2) is 9.78 Å². The summed E-state index contributed by atoms with van der Waals surface area (Å²) in [5.74, 6) is -0.175. The van der Waals surface area contributed by atoms with E-state index >= 15 is 0 Å². The van der Waals surface area contributed by atoms with Crippen LogP contribution in [0.5, 0.6) is 0 Å². The summed E-state index contributed by atoms with van der Waals surface area (Å²) in [6.45, 7) is 1.76. The van der Waals surface area contributed by atoms with Gasteiger partial charge in [-0.3, -0.25) is 18.7 Å². The summed E-state index contributed by atoms with van der Waals surface area (Å²) < 4.78 is 2.31. The first-order valence-corrected chi connectivity index (χ1v) is 7.91. The molecule has 0 saturated carbocycles. The van der Waals surface area contributed by atoms with Gasteiger partial charge < -0.3 is 5.32 Å². The molecule has 2 rings (SSSR count). The molecular weight excluding hydrogens is 352 g/mol. The van der Waals surface area contributed by atoms with Crippen LogP contribution in [0.4, 0.5) is 5.69 Å². The molecule has 2 aromatic rings. The fourth-order valence-electron chi connectivity index (χ4n) is 2.21. The average molecular weight is 369 g/mol. The van der Waals surface area contributed by atoms with Crippen LogP contribution < -0.4 is 16.6 Å². The van der Waals surface area contributed by atoms with Crippen molar-refractivity contribution in [1.82, 2.24) is 14.1 Å². The number of carbonyl (C=O) groups is 1. The molecule has 22 heavy (non-hydrogen) atoms. The van der Waals surface area contributed by atoms with Crippen LogP contribution in [-0.2, 0) is 18.9 Å². The number of aromatic nitrogens is 3. The molecule has 0 atom stereocenters. The topological polar surface area (TPSA) is 86.0 Å². The third kappa shape index (κ3) is 2.83. The Kier molecular flexibility index (Phi) is 4.80. The maximum absolute atomic E-state index is 12.4. The zero-order valence-electron chi connectivity index (χ0n) is 12.6. The van der Waals surface area contributed by atoms with Crippen LogP contribution in [0.3, 0.4) is 0 Å². The monoisotopic (exact) mass is 368 g/mol. The third-order valence-corrected chi connectivity index (χ3v) is 4.02. The van der Waals surface area contributed by atoms with E-state index in [1.54, 1.807) is 20.2 Å². The number of nitrogens with one attached hydrogen (secondary N) is 1. The fraction of sp³-hybridized carbons (Fsp3) is 0.429. The number of alkyl halides is 1. The first-order chi connectivity index (χ1) is 10.4. The van der Waals surface area contributed by atoms with Gasteiger partial charge >= 0.3 is 5.69 Å². The highest BCUT2D eigenvalue weighted by Crippen LogP contribution is 2.21. The molecule has 0 radical (unpaired) electrons. The zero-order chi connectivity index (χ0) is 16.4. The number of nitrogens with zero attached hydrogens (tertiary/aromatic N) is 3. The predicted molar refractivity (Wildman–Crippen MR) is 88.6 cm³/mol. The Hall–Kier alpha value is -1.96. The van der Waals surface area contributed by atoms with Gasteiger partial charge in [-0.05, 0) is 18.9 Å². The molecule has 7 nitrogen and oxygen atoms in total. The minimum Gasteiger partial charge on any atom is -0.325 e. The van der Waals surface area contributed by atoms with Crippen LogP contribution in [0.2, 0.25) is 0 Å². The van der Waals surface area contributed by atoms with Gasteiger partial charge in [0.25, 0.3) is 5.56 Å². The van der Waals surface area contributed by atoms with Gasteiger partial charge in [-0.1, -0.05) is 15.9 Å². The summed E-state index contributed by atoms with van der Waals surface area (Å²) in [6, 6.07) is 0. The highest BCUT2D eigenvalue weighted by Gasteiger charge is 2.17. The number of amides is 1. The number of carbonyl (C=O) groups excluding carboxylic acids is 1. The van der Waals surface area contributed by atoms with E-state index in [4.69, 9.17) is 0 Å². The van der Waals surface area contributed by atoms with Crippen molar-refractivity contribution in [3.8, 4) is 0 Å². The van der Waals surface area contributed by atoms with E-state index in [1.807, 2.05) is 0 Å². The molecule has 0 aliphatic heterocycles.